The third-order valence-corrected chi connectivity index (χ3v) is 5.56. The number of hydrogen-bond donors (Lipinski definition) is 1. The number of piperazine rings is 1. The highest BCUT2D eigenvalue weighted by molar-refractivity contribution is 6.07. The molecule has 0 amide bonds. The van der Waals surface area contributed by atoms with Crippen molar-refractivity contribution in [3.63, 3.8) is 0 Å². The minimum absolute atomic E-state index is 0.00997. The highest BCUT2D eigenvalue weighted by Crippen LogP contribution is 2.19. The molecular formula is C26H28N4O. The van der Waals surface area contributed by atoms with Crippen LogP contribution in [0, 0.1) is 0 Å². The topological polar surface area (TPSA) is 48.5 Å². The summed E-state index contributed by atoms with van der Waals surface area (Å²) in [6, 6.07) is 19.7. The van der Waals surface area contributed by atoms with Crippen LogP contribution in [0.2, 0.25) is 0 Å². The average Bonchev–Trinajstić information content (AvgIpc) is 2.81. The molecule has 0 bridgehead atoms. The Morgan fingerprint density at radius 3 is 2.61 bits per heavy atom. The molecule has 2 heterocycles. The van der Waals surface area contributed by atoms with Gasteiger partial charge in [-0.05, 0) is 48.5 Å². The number of ketones is 1. The van der Waals surface area contributed by atoms with Crippen LogP contribution >= 0.6 is 0 Å². The van der Waals surface area contributed by atoms with Crippen LogP contribution in [0.4, 0.5) is 11.4 Å². The summed E-state index contributed by atoms with van der Waals surface area (Å²) < 4.78 is 0. The van der Waals surface area contributed by atoms with Crippen LogP contribution in [0.15, 0.2) is 79.1 Å². The van der Waals surface area contributed by atoms with Gasteiger partial charge in [-0.15, -0.1) is 0 Å². The lowest BCUT2D eigenvalue weighted by molar-refractivity contribution is 0.104. The van der Waals surface area contributed by atoms with Crippen LogP contribution in [0.3, 0.4) is 0 Å². The zero-order valence-corrected chi connectivity index (χ0v) is 17.9. The summed E-state index contributed by atoms with van der Waals surface area (Å²) in [6.07, 6.45) is 7.10. The van der Waals surface area contributed by atoms with Gasteiger partial charge in [0.1, 0.15) is 0 Å². The van der Waals surface area contributed by atoms with E-state index in [2.05, 4.69) is 45.3 Å². The van der Waals surface area contributed by atoms with Gasteiger partial charge in [0.15, 0.2) is 5.78 Å². The monoisotopic (exact) mass is 412 g/mol. The van der Waals surface area contributed by atoms with E-state index < -0.39 is 0 Å². The van der Waals surface area contributed by atoms with E-state index in [4.69, 9.17) is 0 Å². The fourth-order valence-electron chi connectivity index (χ4n) is 3.70. The van der Waals surface area contributed by atoms with Gasteiger partial charge < -0.3 is 10.2 Å². The molecule has 31 heavy (non-hydrogen) atoms. The predicted octanol–water partition coefficient (Wildman–Crippen LogP) is 4.47. The Kier molecular flexibility index (Phi) is 6.87. The Morgan fingerprint density at radius 1 is 1.00 bits per heavy atom. The summed E-state index contributed by atoms with van der Waals surface area (Å²) >= 11 is 0. The highest BCUT2D eigenvalue weighted by atomic mass is 16.1. The molecule has 0 atom stereocenters. The van der Waals surface area contributed by atoms with E-state index in [-0.39, 0.29) is 5.78 Å². The first-order valence-electron chi connectivity index (χ1n) is 10.7. The van der Waals surface area contributed by atoms with Crippen LogP contribution in [0.25, 0.3) is 6.08 Å². The molecule has 0 radical (unpaired) electrons. The van der Waals surface area contributed by atoms with Crippen molar-refractivity contribution in [1.29, 1.82) is 0 Å². The number of aromatic nitrogens is 1. The van der Waals surface area contributed by atoms with Gasteiger partial charge in [-0.25, -0.2) is 0 Å². The van der Waals surface area contributed by atoms with Gasteiger partial charge in [0, 0.05) is 50.2 Å². The number of carbonyl (C=O) groups is 1. The largest absolute Gasteiger partial charge is 0.354 e. The molecule has 4 rings (SSSR count). The van der Waals surface area contributed by atoms with E-state index in [9.17, 15) is 4.79 Å². The number of nitrogens with one attached hydrogen (secondary N) is 1. The minimum Gasteiger partial charge on any atom is -0.354 e. The normalized spacial score (nSPS) is 15.3. The van der Waals surface area contributed by atoms with Crippen molar-refractivity contribution in [1.82, 2.24) is 14.8 Å². The third kappa shape index (κ3) is 5.87. The standard InChI is InChI=1S/C26H28N4O/c1-29-14-16-30(17-15-29)20-23-7-3-2-6-21(23)11-12-26(31)22-8-4-9-24(18-22)28-25-10-5-13-27-19-25/h2-13,18-19,28H,14-17,20H2,1H3/b12-11+. The van der Waals surface area contributed by atoms with Crippen molar-refractivity contribution in [3.8, 4) is 0 Å². The zero-order valence-electron chi connectivity index (χ0n) is 17.9. The minimum atomic E-state index is -0.00997. The Bertz CT molecular complexity index is 1040. The summed E-state index contributed by atoms with van der Waals surface area (Å²) in [5.74, 6) is -0.00997. The molecule has 1 aliphatic rings. The van der Waals surface area contributed by atoms with Gasteiger partial charge in [0.2, 0.25) is 0 Å². The SMILES string of the molecule is CN1CCN(Cc2ccccc2/C=C/C(=O)c2cccc(Nc3cccnc3)c2)CC1. The third-order valence-electron chi connectivity index (χ3n) is 5.56. The lowest BCUT2D eigenvalue weighted by Gasteiger charge is -2.32. The number of anilines is 2. The molecule has 5 heteroatoms. The maximum absolute atomic E-state index is 12.8. The van der Waals surface area contributed by atoms with E-state index >= 15 is 0 Å². The first kappa shape index (κ1) is 21.0. The summed E-state index contributed by atoms with van der Waals surface area (Å²) in [4.78, 5) is 21.8. The van der Waals surface area contributed by atoms with Crippen molar-refractivity contribution in [3.05, 3.63) is 95.8 Å². The van der Waals surface area contributed by atoms with Crippen LogP contribution in [0.1, 0.15) is 21.5 Å². The number of benzene rings is 2. The second-order valence-electron chi connectivity index (χ2n) is 7.92. The molecule has 0 aliphatic carbocycles. The molecule has 1 aromatic heterocycles. The van der Waals surface area contributed by atoms with Gasteiger partial charge in [0.05, 0.1) is 11.9 Å². The van der Waals surface area contributed by atoms with Gasteiger partial charge in [-0.2, -0.15) is 0 Å². The fraction of sp³-hybridized carbons (Fsp3) is 0.231. The molecule has 0 spiro atoms. The fourth-order valence-corrected chi connectivity index (χ4v) is 3.70. The average molecular weight is 413 g/mol. The van der Waals surface area contributed by atoms with Crippen LogP contribution in [0.5, 0.6) is 0 Å². The summed E-state index contributed by atoms with van der Waals surface area (Å²) in [6.45, 7) is 5.25. The number of carbonyl (C=O) groups excluding carboxylic acids is 1. The first-order chi connectivity index (χ1) is 15.2. The zero-order chi connectivity index (χ0) is 21.5. The Balaban J connectivity index is 1.44. The second kappa shape index (κ2) is 10.2. The lowest BCUT2D eigenvalue weighted by Crippen LogP contribution is -2.43. The number of likely N-dealkylation sites (N-methyl/N-ethyl adjacent to an activating group) is 1. The Labute approximate surface area is 184 Å². The van der Waals surface area contributed by atoms with E-state index in [0.29, 0.717) is 5.56 Å². The van der Waals surface area contributed by atoms with E-state index in [1.165, 1.54) is 5.56 Å². The summed E-state index contributed by atoms with van der Waals surface area (Å²) in [5.41, 5.74) is 4.76. The van der Waals surface area contributed by atoms with Gasteiger partial charge in [-0.3, -0.25) is 14.7 Å². The van der Waals surface area contributed by atoms with Crippen molar-refractivity contribution in [2.75, 3.05) is 38.5 Å². The second-order valence-corrected chi connectivity index (χ2v) is 7.92. The Morgan fingerprint density at radius 2 is 1.81 bits per heavy atom. The molecule has 1 fully saturated rings. The van der Waals surface area contributed by atoms with Gasteiger partial charge in [0.25, 0.3) is 0 Å². The Hall–Kier alpha value is -3.28. The quantitative estimate of drug-likeness (QED) is 0.458. The molecule has 1 aliphatic heterocycles. The van der Waals surface area contributed by atoms with Crippen molar-refractivity contribution < 1.29 is 4.79 Å². The maximum Gasteiger partial charge on any atom is 0.185 e. The van der Waals surface area contributed by atoms with Crippen molar-refractivity contribution >= 4 is 23.2 Å². The molecular weight excluding hydrogens is 384 g/mol. The maximum atomic E-state index is 12.8. The molecule has 0 unspecified atom stereocenters. The molecule has 0 saturated carbocycles. The number of hydrogen-bond acceptors (Lipinski definition) is 5. The number of allylic oxidation sites excluding steroid dienone is 1. The highest BCUT2D eigenvalue weighted by Gasteiger charge is 2.14. The number of rotatable bonds is 7. The van der Waals surface area contributed by atoms with Crippen LogP contribution in [-0.2, 0) is 6.54 Å². The summed E-state index contributed by atoms with van der Waals surface area (Å²) in [7, 11) is 2.17. The number of nitrogens with zero attached hydrogens (tertiary/aromatic N) is 3. The van der Waals surface area contributed by atoms with Gasteiger partial charge in [-0.1, -0.05) is 42.5 Å². The van der Waals surface area contributed by atoms with E-state index in [0.717, 1.165) is 49.7 Å². The van der Waals surface area contributed by atoms with E-state index in [1.807, 2.05) is 48.5 Å². The van der Waals surface area contributed by atoms with Gasteiger partial charge >= 0.3 is 0 Å². The molecule has 5 nitrogen and oxygen atoms in total. The predicted molar refractivity (Wildman–Crippen MR) is 127 cm³/mol. The van der Waals surface area contributed by atoms with Crippen molar-refractivity contribution in [2.45, 2.75) is 6.54 Å². The lowest BCUT2D eigenvalue weighted by atomic mass is 10.0. The molecule has 3 aromatic rings. The molecule has 1 N–H and O–H groups in total. The smallest absolute Gasteiger partial charge is 0.185 e. The molecule has 158 valence electrons. The first-order valence-corrected chi connectivity index (χ1v) is 10.7. The van der Waals surface area contributed by atoms with Crippen LogP contribution in [-0.4, -0.2) is 53.8 Å². The van der Waals surface area contributed by atoms with Crippen LogP contribution < -0.4 is 5.32 Å². The summed E-state index contributed by atoms with van der Waals surface area (Å²) in [5, 5.41) is 3.28. The molecule has 1 saturated heterocycles. The van der Waals surface area contributed by atoms with E-state index in [1.54, 1.807) is 18.5 Å². The number of pyridine rings is 1. The van der Waals surface area contributed by atoms with Crippen molar-refractivity contribution in [2.24, 2.45) is 0 Å². The molecule has 2 aromatic carbocycles.